The highest BCUT2D eigenvalue weighted by Gasteiger charge is 2.24. The summed E-state index contributed by atoms with van der Waals surface area (Å²) in [6.45, 7) is 2.03. The lowest BCUT2D eigenvalue weighted by atomic mass is 10.0. The molecule has 2 aromatic carbocycles. The van der Waals surface area contributed by atoms with Crippen molar-refractivity contribution >= 4 is 41.2 Å². The maximum Gasteiger partial charge on any atom is 0.198 e. The molecule has 2 aromatic rings. The van der Waals surface area contributed by atoms with Gasteiger partial charge in [-0.1, -0.05) is 66.2 Å². The number of carbonyl (C=O) groups excluding carboxylic acids is 2. The minimum absolute atomic E-state index is 0.193. The summed E-state index contributed by atoms with van der Waals surface area (Å²) in [6, 6.07) is 17.0. The van der Waals surface area contributed by atoms with Gasteiger partial charge in [-0.25, -0.2) is 0 Å². The summed E-state index contributed by atoms with van der Waals surface area (Å²) in [6.07, 6.45) is 4.39. The number of Topliss-reactive ketones (excluding diaryl/α,β-unsaturated/α-hetero) is 1. The van der Waals surface area contributed by atoms with Gasteiger partial charge in [0.15, 0.2) is 11.6 Å². The maximum absolute atomic E-state index is 13.0. The third-order valence-corrected chi connectivity index (χ3v) is 6.60. The summed E-state index contributed by atoms with van der Waals surface area (Å²) in [5, 5.41) is 0. The Kier molecular flexibility index (Phi) is 6.53. The number of ketones is 2. The van der Waals surface area contributed by atoms with Crippen molar-refractivity contribution in [1.82, 2.24) is 0 Å². The van der Waals surface area contributed by atoms with Crippen LogP contribution in [0.1, 0.15) is 27.9 Å². The molecule has 0 aliphatic carbocycles. The number of thioether (sulfide) groups is 2. The highest BCUT2D eigenvalue weighted by atomic mass is 32.2. The molecule has 0 aromatic heterocycles. The van der Waals surface area contributed by atoms with E-state index in [4.69, 9.17) is 0 Å². The fraction of sp³-hybridized carbons (Fsp3) is 0.182. The molecule has 0 amide bonds. The minimum Gasteiger partial charge on any atom is -0.289 e. The number of rotatable bonds is 5. The van der Waals surface area contributed by atoms with Crippen molar-refractivity contribution in [2.45, 2.75) is 13.3 Å². The van der Waals surface area contributed by atoms with Gasteiger partial charge in [0.2, 0.25) is 0 Å². The van der Waals surface area contributed by atoms with Crippen LogP contribution >= 0.6 is 23.5 Å². The van der Waals surface area contributed by atoms with E-state index in [-0.39, 0.29) is 11.6 Å². The van der Waals surface area contributed by atoms with E-state index in [1.165, 1.54) is 11.6 Å². The molecule has 0 unspecified atom stereocenters. The minimum atomic E-state index is -0.226. The third kappa shape index (κ3) is 4.77. The van der Waals surface area contributed by atoms with Crippen LogP contribution < -0.4 is 0 Å². The predicted molar refractivity (Wildman–Crippen MR) is 113 cm³/mol. The zero-order valence-corrected chi connectivity index (χ0v) is 16.2. The molecular weight excluding hydrogens is 360 g/mol. The highest BCUT2D eigenvalue weighted by Crippen LogP contribution is 2.38. The van der Waals surface area contributed by atoms with Gasteiger partial charge in [-0.05, 0) is 36.5 Å². The summed E-state index contributed by atoms with van der Waals surface area (Å²) in [5.41, 5.74) is 2.98. The van der Waals surface area contributed by atoms with Crippen molar-refractivity contribution in [1.29, 1.82) is 0 Å². The van der Waals surface area contributed by atoms with Gasteiger partial charge in [0.25, 0.3) is 0 Å². The van der Waals surface area contributed by atoms with Crippen LogP contribution in [-0.2, 0) is 4.79 Å². The van der Waals surface area contributed by atoms with Gasteiger partial charge in [0.1, 0.15) is 0 Å². The van der Waals surface area contributed by atoms with Gasteiger partial charge in [0, 0.05) is 5.56 Å². The Hall–Kier alpha value is -2.04. The largest absolute Gasteiger partial charge is 0.289 e. The molecular formula is C22H20O2S2. The molecule has 0 N–H and O–H groups in total. The molecule has 1 saturated heterocycles. The lowest BCUT2D eigenvalue weighted by Crippen LogP contribution is -2.14. The van der Waals surface area contributed by atoms with Crippen LogP contribution in [0.5, 0.6) is 0 Å². The first-order valence-electron chi connectivity index (χ1n) is 8.54. The molecule has 0 radical (unpaired) electrons. The zero-order chi connectivity index (χ0) is 18.4. The van der Waals surface area contributed by atoms with Crippen molar-refractivity contribution in [2.75, 3.05) is 11.5 Å². The van der Waals surface area contributed by atoms with Gasteiger partial charge in [-0.3, -0.25) is 9.59 Å². The molecule has 3 rings (SSSR count). The fourth-order valence-corrected chi connectivity index (χ4v) is 5.19. The average molecular weight is 381 g/mol. The molecule has 26 heavy (non-hydrogen) atoms. The monoisotopic (exact) mass is 380 g/mol. The smallest absolute Gasteiger partial charge is 0.198 e. The van der Waals surface area contributed by atoms with Crippen molar-refractivity contribution in [2.24, 2.45) is 0 Å². The van der Waals surface area contributed by atoms with Crippen LogP contribution in [0, 0.1) is 6.92 Å². The van der Waals surface area contributed by atoms with E-state index in [9.17, 15) is 9.59 Å². The van der Waals surface area contributed by atoms with Crippen LogP contribution in [-0.4, -0.2) is 23.1 Å². The maximum atomic E-state index is 13.0. The second-order valence-electron chi connectivity index (χ2n) is 6.02. The molecule has 0 saturated carbocycles. The number of allylic oxidation sites excluding steroid dienone is 2. The summed E-state index contributed by atoms with van der Waals surface area (Å²) in [4.78, 5) is 25.9. The summed E-state index contributed by atoms with van der Waals surface area (Å²) >= 11 is 3.23. The molecule has 1 fully saturated rings. The van der Waals surface area contributed by atoms with E-state index in [2.05, 4.69) is 0 Å². The van der Waals surface area contributed by atoms with Crippen LogP contribution in [0.25, 0.3) is 6.08 Å². The van der Waals surface area contributed by atoms with Gasteiger partial charge in [-0.15, -0.1) is 23.5 Å². The van der Waals surface area contributed by atoms with Crippen molar-refractivity contribution in [3.8, 4) is 0 Å². The van der Waals surface area contributed by atoms with Crippen molar-refractivity contribution < 1.29 is 9.59 Å². The predicted octanol–water partition coefficient (Wildman–Crippen LogP) is 5.54. The zero-order valence-electron chi connectivity index (χ0n) is 14.6. The third-order valence-electron chi connectivity index (χ3n) is 3.97. The second-order valence-corrected chi connectivity index (χ2v) is 8.49. The average Bonchev–Trinajstić information content (AvgIpc) is 2.69. The standard InChI is InChI=1S/C22H20O2S2/c1-16-8-10-17(11-9-16)12-13-19(23)20(22-25-14-5-15-26-22)21(24)18-6-3-2-4-7-18/h2-4,6-13H,5,14-15H2,1H3. The topological polar surface area (TPSA) is 34.1 Å². The number of benzene rings is 2. The SMILES string of the molecule is Cc1ccc(C=CC(=O)C(C(=O)c2ccccc2)=C2SCCCS2)cc1. The Morgan fingerprint density at radius 1 is 0.923 bits per heavy atom. The molecule has 1 aliphatic rings. The second kappa shape index (κ2) is 9.06. The molecule has 0 spiro atoms. The number of hydrogen-bond donors (Lipinski definition) is 0. The highest BCUT2D eigenvalue weighted by molar-refractivity contribution is 8.22. The van der Waals surface area contributed by atoms with E-state index < -0.39 is 0 Å². The van der Waals surface area contributed by atoms with Crippen LogP contribution in [0.3, 0.4) is 0 Å². The molecule has 0 atom stereocenters. The lowest BCUT2D eigenvalue weighted by Gasteiger charge is -2.16. The first-order valence-corrected chi connectivity index (χ1v) is 10.5. The van der Waals surface area contributed by atoms with E-state index in [0.717, 1.165) is 27.7 Å². The number of aryl methyl sites for hydroxylation is 1. The first kappa shape index (κ1) is 18.7. The summed E-state index contributed by atoms with van der Waals surface area (Å²) in [5.74, 6) is 1.48. The normalized spacial score (nSPS) is 14.4. The van der Waals surface area contributed by atoms with Gasteiger partial charge >= 0.3 is 0 Å². The Balaban J connectivity index is 1.91. The van der Waals surface area contributed by atoms with Gasteiger partial charge in [0.05, 0.1) is 9.81 Å². The molecule has 1 aliphatic heterocycles. The molecule has 2 nitrogen and oxygen atoms in total. The van der Waals surface area contributed by atoms with Gasteiger partial charge < -0.3 is 0 Å². The Morgan fingerprint density at radius 2 is 1.58 bits per heavy atom. The number of hydrogen-bond acceptors (Lipinski definition) is 4. The summed E-state index contributed by atoms with van der Waals surface area (Å²) in [7, 11) is 0. The molecule has 132 valence electrons. The molecule has 1 heterocycles. The van der Waals surface area contributed by atoms with Crippen LogP contribution in [0.15, 0.2) is 70.5 Å². The van der Waals surface area contributed by atoms with Crippen molar-refractivity contribution in [3.05, 3.63) is 87.2 Å². The quantitative estimate of drug-likeness (QED) is 0.295. The Labute approximate surface area is 162 Å². The number of carbonyl (C=O) groups is 2. The lowest BCUT2D eigenvalue weighted by molar-refractivity contribution is -0.111. The van der Waals surface area contributed by atoms with E-state index in [0.29, 0.717) is 11.1 Å². The fourth-order valence-electron chi connectivity index (χ4n) is 2.55. The molecule has 0 bridgehead atoms. The Morgan fingerprint density at radius 3 is 2.23 bits per heavy atom. The first-order chi connectivity index (χ1) is 12.6. The Bertz CT molecular complexity index is 841. The van der Waals surface area contributed by atoms with E-state index >= 15 is 0 Å². The van der Waals surface area contributed by atoms with Crippen LogP contribution in [0.2, 0.25) is 0 Å². The van der Waals surface area contributed by atoms with Crippen LogP contribution in [0.4, 0.5) is 0 Å². The summed E-state index contributed by atoms with van der Waals surface area (Å²) < 4.78 is 0.851. The van der Waals surface area contributed by atoms with E-state index in [1.54, 1.807) is 41.7 Å². The molecule has 4 heteroatoms. The van der Waals surface area contributed by atoms with E-state index in [1.807, 2.05) is 49.4 Å². The van der Waals surface area contributed by atoms with Crippen molar-refractivity contribution in [3.63, 3.8) is 0 Å². The van der Waals surface area contributed by atoms with Gasteiger partial charge in [-0.2, -0.15) is 0 Å².